The van der Waals surface area contributed by atoms with Crippen LogP contribution in [0.15, 0.2) is 36.4 Å². The van der Waals surface area contributed by atoms with Gasteiger partial charge in [-0.2, -0.15) is 4.98 Å². The standard InChI is InChI=1S/C16H20FN3O/c1-4-20(13-7-5-12(17)6-8-13)15-10-9-14(18)16(19-15)21-11(2)3/h5-11H,4,18H2,1-3H3. The molecule has 0 fully saturated rings. The molecule has 1 aromatic carbocycles. The molecular formula is C16H20FN3O. The van der Waals surface area contributed by atoms with Crippen LogP contribution in [0.1, 0.15) is 20.8 Å². The third kappa shape index (κ3) is 3.62. The summed E-state index contributed by atoms with van der Waals surface area (Å²) in [5, 5.41) is 0. The molecule has 2 rings (SSSR count). The minimum atomic E-state index is -0.260. The van der Waals surface area contributed by atoms with E-state index in [0.29, 0.717) is 23.9 Å². The van der Waals surface area contributed by atoms with Gasteiger partial charge in [0.15, 0.2) is 0 Å². The quantitative estimate of drug-likeness (QED) is 0.910. The van der Waals surface area contributed by atoms with E-state index in [-0.39, 0.29) is 11.9 Å². The molecule has 0 radical (unpaired) electrons. The number of nitrogens with two attached hydrogens (primary N) is 1. The minimum absolute atomic E-state index is 0.00375. The fourth-order valence-corrected chi connectivity index (χ4v) is 2.01. The summed E-state index contributed by atoms with van der Waals surface area (Å²) in [6.45, 7) is 6.55. The normalized spacial score (nSPS) is 10.7. The zero-order chi connectivity index (χ0) is 15.4. The Morgan fingerprint density at radius 2 is 1.86 bits per heavy atom. The minimum Gasteiger partial charge on any atom is -0.473 e. The van der Waals surface area contributed by atoms with Gasteiger partial charge in [0.1, 0.15) is 11.6 Å². The number of nitrogens with zero attached hydrogens (tertiary/aromatic N) is 2. The second kappa shape index (κ2) is 6.43. The van der Waals surface area contributed by atoms with E-state index in [1.807, 2.05) is 31.7 Å². The van der Waals surface area contributed by atoms with Crippen LogP contribution in [0.25, 0.3) is 0 Å². The second-order valence-corrected chi connectivity index (χ2v) is 4.95. The molecule has 0 aliphatic heterocycles. The first-order valence-electron chi connectivity index (χ1n) is 6.97. The molecule has 1 heterocycles. The molecule has 0 saturated carbocycles. The van der Waals surface area contributed by atoms with Crippen LogP contribution in [0, 0.1) is 5.82 Å². The Morgan fingerprint density at radius 1 is 1.19 bits per heavy atom. The predicted molar refractivity (Wildman–Crippen MR) is 83.5 cm³/mol. The molecule has 1 aromatic heterocycles. The Morgan fingerprint density at radius 3 is 2.43 bits per heavy atom. The van der Waals surface area contributed by atoms with Gasteiger partial charge in [-0.25, -0.2) is 4.39 Å². The van der Waals surface area contributed by atoms with Crippen LogP contribution in [0.2, 0.25) is 0 Å². The highest BCUT2D eigenvalue weighted by Gasteiger charge is 2.12. The lowest BCUT2D eigenvalue weighted by Crippen LogP contribution is -2.18. The molecule has 112 valence electrons. The fraction of sp³-hybridized carbons (Fsp3) is 0.312. The smallest absolute Gasteiger partial charge is 0.239 e. The Hall–Kier alpha value is -2.30. The number of pyridine rings is 1. The number of halogens is 1. The summed E-state index contributed by atoms with van der Waals surface area (Å²) in [5.41, 5.74) is 7.25. The highest BCUT2D eigenvalue weighted by Crippen LogP contribution is 2.28. The first-order chi connectivity index (χ1) is 10.0. The summed E-state index contributed by atoms with van der Waals surface area (Å²) in [7, 11) is 0. The first-order valence-corrected chi connectivity index (χ1v) is 6.97. The number of hydrogen-bond donors (Lipinski definition) is 1. The molecule has 0 spiro atoms. The van der Waals surface area contributed by atoms with Crippen molar-refractivity contribution in [3.8, 4) is 5.88 Å². The molecule has 2 aromatic rings. The molecule has 0 amide bonds. The molecule has 0 unspecified atom stereocenters. The van der Waals surface area contributed by atoms with Crippen LogP contribution in [0.3, 0.4) is 0 Å². The van der Waals surface area contributed by atoms with Crippen molar-refractivity contribution in [1.29, 1.82) is 0 Å². The van der Waals surface area contributed by atoms with E-state index in [9.17, 15) is 4.39 Å². The molecule has 0 aliphatic rings. The van der Waals surface area contributed by atoms with Gasteiger partial charge in [0, 0.05) is 12.2 Å². The monoisotopic (exact) mass is 289 g/mol. The average molecular weight is 289 g/mol. The van der Waals surface area contributed by atoms with Gasteiger partial charge in [-0.05, 0) is 57.2 Å². The molecule has 2 N–H and O–H groups in total. The summed E-state index contributed by atoms with van der Waals surface area (Å²) in [5.74, 6) is 0.876. The molecule has 21 heavy (non-hydrogen) atoms. The maximum atomic E-state index is 13.0. The summed E-state index contributed by atoms with van der Waals surface area (Å²) >= 11 is 0. The Balaban J connectivity index is 2.36. The van der Waals surface area contributed by atoms with Crippen molar-refractivity contribution in [3.05, 3.63) is 42.2 Å². The van der Waals surface area contributed by atoms with Gasteiger partial charge >= 0.3 is 0 Å². The van der Waals surface area contributed by atoms with Gasteiger partial charge in [-0.1, -0.05) is 0 Å². The zero-order valence-corrected chi connectivity index (χ0v) is 12.5. The zero-order valence-electron chi connectivity index (χ0n) is 12.5. The van der Waals surface area contributed by atoms with E-state index < -0.39 is 0 Å². The van der Waals surface area contributed by atoms with Gasteiger partial charge in [-0.15, -0.1) is 0 Å². The number of benzene rings is 1. The van der Waals surface area contributed by atoms with Crippen LogP contribution in [0.4, 0.5) is 21.6 Å². The van der Waals surface area contributed by atoms with Crippen LogP contribution in [0.5, 0.6) is 5.88 Å². The molecule has 4 nitrogen and oxygen atoms in total. The van der Waals surface area contributed by atoms with Gasteiger partial charge in [-0.3, -0.25) is 0 Å². The van der Waals surface area contributed by atoms with Crippen LogP contribution in [-0.2, 0) is 0 Å². The molecule has 5 heteroatoms. The number of aromatic nitrogens is 1. The molecule has 0 aliphatic carbocycles. The van der Waals surface area contributed by atoms with Crippen molar-refractivity contribution in [3.63, 3.8) is 0 Å². The Labute approximate surface area is 124 Å². The number of rotatable bonds is 5. The van der Waals surface area contributed by atoms with Crippen molar-refractivity contribution < 1.29 is 9.13 Å². The number of ether oxygens (including phenoxy) is 1. The summed E-state index contributed by atoms with van der Waals surface area (Å²) < 4.78 is 18.7. The van der Waals surface area contributed by atoms with E-state index in [4.69, 9.17) is 10.5 Å². The molecular weight excluding hydrogens is 269 g/mol. The maximum Gasteiger partial charge on any atom is 0.239 e. The first kappa shape index (κ1) is 15.1. The molecule has 0 bridgehead atoms. The molecule has 0 saturated heterocycles. The van der Waals surface area contributed by atoms with Crippen molar-refractivity contribution in [2.24, 2.45) is 0 Å². The van der Waals surface area contributed by atoms with Crippen molar-refractivity contribution >= 4 is 17.2 Å². The van der Waals surface area contributed by atoms with Crippen molar-refractivity contribution in [1.82, 2.24) is 4.98 Å². The van der Waals surface area contributed by atoms with Gasteiger partial charge in [0.05, 0.1) is 11.8 Å². The summed E-state index contributed by atoms with van der Waals surface area (Å²) in [6, 6.07) is 9.91. The lowest BCUT2D eigenvalue weighted by atomic mass is 10.2. The van der Waals surface area contributed by atoms with E-state index in [1.165, 1.54) is 12.1 Å². The van der Waals surface area contributed by atoms with Gasteiger partial charge in [0.25, 0.3) is 0 Å². The predicted octanol–water partition coefficient (Wildman–Crippen LogP) is 3.75. The summed E-state index contributed by atoms with van der Waals surface area (Å²) in [6.07, 6.45) is -0.00375. The Bertz CT molecular complexity index is 599. The van der Waals surface area contributed by atoms with Gasteiger partial charge in [0.2, 0.25) is 5.88 Å². The average Bonchev–Trinajstić information content (AvgIpc) is 2.44. The van der Waals surface area contributed by atoms with E-state index in [1.54, 1.807) is 18.2 Å². The molecule has 0 atom stereocenters. The van der Waals surface area contributed by atoms with Gasteiger partial charge < -0.3 is 15.4 Å². The van der Waals surface area contributed by atoms with Crippen LogP contribution in [-0.4, -0.2) is 17.6 Å². The third-order valence-electron chi connectivity index (χ3n) is 2.95. The Kier molecular flexibility index (Phi) is 4.62. The number of hydrogen-bond acceptors (Lipinski definition) is 4. The topological polar surface area (TPSA) is 51.4 Å². The van der Waals surface area contributed by atoms with E-state index >= 15 is 0 Å². The number of anilines is 3. The lowest BCUT2D eigenvalue weighted by molar-refractivity contribution is 0.234. The highest BCUT2D eigenvalue weighted by molar-refractivity contribution is 5.63. The van der Waals surface area contributed by atoms with Crippen LogP contribution < -0.4 is 15.4 Å². The van der Waals surface area contributed by atoms with Crippen molar-refractivity contribution in [2.75, 3.05) is 17.2 Å². The SMILES string of the molecule is CCN(c1ccc(F)cc1)c1ccc(N)c(OC(C)C)n1. The second-order valence-electron chi connectivity index (χ2n) is 4.95. The maximum absolute atomic E-state index is 13.0. The number of nitrogen functional groups attached to an aromatic ring is 1. The third-order valence-corrected chi connectivity index (χ3v) is 2.95. The van der Waals surface area contributed by atoms with E-state index in [2.05, 4.69) is 4.98 Å². The lowest BCUT2D eigenvalue weighted by Gasteiger charge is -2.23. The van der Waals surface area contributed by atoms with Crippen LogP contribution >= 0.6 is 0 Å². The fourth-order valence-electron chi connectivity index (χ4n) is 2.01. The highest BCUT2D eigenvalue weighted by atomic mass is 19.1. The van der Waals surface area contributed by atoms with E-state index in [0.717, 1.165) is 5.69 Å². The largest absolute Gasteiger partial charge is 0.473 e. The summed E-state index contributed by atoms with van der Waals surface area (Å²) in [4.78, 5) is 6.43. The van der Waals surface area contributed by atoms with Crippen molar-refractivity contribution in [2.45, 2.75) is 26.9 Å².